The molecule has 2 aromatic rings. The zero-order valence-electron chi connectivity index (χ0n) is 17.6. The number of ether oxygens (including phenoxy) is 1. The van der Waals surface area contributed by atoms with Gasteiger partial charge in [-0.05, 0) is 55.7 Å². The van der Waals surface area contributed by atoms with Crippen LogP contribution in [0.5, 0.6) is 5.75 Å². The van der Waals surface area contributed by atoms with Crippen LogP contribution < -0.4 is 20.7 Å². The predicted octanol–water partition coefficient (Wildman–Crippen LogP) is 4.30. The number of anilines is 2. The zero-order chi connectivity index (χ0) is 21.2. The van der Waals surface area contributed by atoms with Crippen LogP contribution in [0.15, 0.2) is 48.5 Å². The lowest BCUT2D eigenvalue weighted by Gasteiger charge is -2.14. The molecular weight excluding hydrogens is 366 g/mol. The van der Waals surface area contributed by atoms with Crippen molar-refractivity contribution in [3.8, 4) is 5.75 Å². The minimum Gasteiger partial charge on any atom is -0.491 e. The lowest BCUT2D eigenvalue weighted by Crippen LogP contribution is -2.31. The molecule has 0 aliphatic heterocycles. The van der Waals surface area contributed by atoms with E-state index in [4.69, 9.17) is 4.74 Å². The molecule has 0 radical (unpaired) electrons. The van der Waals surface area contributed by atoms with Gasteiger partial charge in [0.1, 0.15) is 5.75 Å². The number of carbonyl (C=O) groups excluding carboxylic acids is 2. The minimum absolute atomic E-state index is 0.0957. The van der Waals surface area contributed by atoms with Gasteiger partial charge in [-0.1, -0.05) is 32.9 Å². The van der Waals surface area contributed by atoms with Crippen molar-refractivity contribution in [3.63, 3.8) is 0 Å². The molecular formula is C23H31N3O3. The Kier molecular flexibility index (Phi) is 8.52. The van der Waals surface area contributed by atoms with Crippen LogP contribution in [0, 0.1) is 5.92 Å². The van der Waals surface area contributed by atoms with E-state index in [1.54, 1.807) is 24.3 Å². The first kappa shape index (κ1) is 22.3. The number of nitrogens with one attached hydrogen (secondary N) is 3. The molecule has 2 rings (SSSR count). The normalized spacial score (nSPS) is 11.6. The molecule has 29 heavy (non-hydrogen) atoms. The van der Waals surface area contributed by atoms with Gasteiger partial charge in [-0.3, -0.25) is 9.59 Å². The van der Waals surface area contributed by atoms with Gasteiger partial charge in [0.25, 0.3) is 5.91 Å². The summed E-state index contributed by atoms with van der Waals surface area (Å²) >= 11 is 0. The van der Waals surface area contributed by atoms with E-state index in [0.717, 1.165) is 12.1 Å². The molecule has 0 fully saturated rings. The van der Waals surface area contributed by atoms with Crippen molar-refractivity contribution < 1.29 is 14.3 Å². The molecule has 1 atom stereocenters. The molecule has 2 aromatic carbocycles. The number of benzene rings is 2. The predicted molar refractivity (Wildman–Crippen MR) is 118 cm³/mol. The maximum Gasteiger partial charge on any atom is 0.251 e. The molecule has 3 N–H and O–H groups in total. The van der Waals surface area contributed by atoms with Crippen molar-refractivity contribution in [1.82, 2.24) is 5.32 Å². The second-order valence-corrected chi connectivity index (χ2v) is 7.46. The maximum absolute atomic E-state index is 12.3. The maximum atomic E-state index is 12.3. The van der Waals surface area contributed by atoms with E-state index < -0.39 is 0 Å². The third kappa shape index (κ3) is 7.49. The summed E-state index contributed by atoms with van der Waals surface area (Å²) in [5, 5.41) is 8.87. The van der Waals surface area contributed by atoms with Gasteiger partial charge in [0, 0.05) is 17.3 Å². The van der Waals surface area contributed by atoms with E-state index in [9.17, 15) is 9.59 Å². The number of hydrogen-bond donors (Lipinski definition) is 3. The molecule has 0 aliphatic carbocycles. The first-order valence-corrected chi connectivity index (χ1v) is 10.1. The zero-order valence-corrected chi connectivity index (χ0v) is 17.6. The summed E-state index contributed by atoms with van der Waals surface area (Å²) in [7, 11) is 0. The van der Waals surface area contributed by atoms with Crippen LogP contribution >= 0.6 is 0 Å². The first-order valence-electron chi connectivity index (χ1n) is 10.1. The summed E-state index contributed by atoms with van der Waals surface area (Å²) < 4.78 is 5.76. The third-order valence-corrected chi connectivity index (χ3v) is 4.32. The highest BCUT2D eigenvalue weighted by Gasteiger charge is 2.10. The average molecular weight is 398 g/mol. The van der Waals surface area contributed by atoms with Crippen LogP contribution in [0.1, 0.15) is 44.5 Å². The van der Waals surface area contributed by atoms with Crippen LogP contribution in [-0.4, -0.2) is 31.0 Å². The highest BCUT2D eigenvalue weighted by Crippen LogP contribution is 2.24. The molecule has 156 valence electrons. The Morgan fingerprint density at radius 3 is 2.34 bits per heavy atom. The fourth-order valence-corrected chi connectivity index (χ4v) is 2.48. The van der Waals surface area contributed by atoms with Crippen LogP contribution in [0.4, 0.5) is 11.4 Å². The number of amides is 2. The molecule has 0 heterocycles. The molecule has 0 aromatic heterocycles. The van der Waals surface area contributed by atoms with Gasteiger partial charge in [-0.2, -0.15) is 0 Å². The van der Waals surface area contributed by atoms with Crippen molar-refractivity contribution >= 4 is 23.2 Å². The third-order valence-electron chi connectivity index (χ3n) is 4.32. The van der Waals surface area contributed by atoms with Crippen LogP contribution in [0.25, 0.3) is 0 Å². The summed E-state index contributed by atoms with van der Waals surface area (Å²) in [5.74, 6) is 0.785. The van der Waals surface area contributed by atoms with Crippen LogP contribution in [0.2, 0.25) is 0 Å². The van der Waals surface area contributed by atoms with E-state index in [0.29, 0.717) is 29.5 Å². The monoisotopic (exact) mass is 397 g/mol. The molecule has 6 heteroatoms. The van der Waals surface area contributed by atoms with Crippen LogP contribution in [-0.2, 0) is 4.79 Å². The number of para-hydroxylation sites is 2. The SMILES string of the molecule is CCC(C)NC(=O)c1ccc(NCC(=O)Nc2ccccc2OCC(C)C)cc1. The van der Waals surface area contributed by atoms with Crippen molar-refractivity contribution in [2.24, 2.45) is 5.92 Å². The van der Waals surface area contributed by atoms with Crippen molar-refractivity contribution in [1.29, 1.82) is 0 Å². The second kappa shape index (κ2) is 11.1. The average Bonchev–Trinajstić information content (AvgIpc) is 2.71. The highest BCUT2D eigenvalue weighted by molar-refractivity contribution is 5.96. The Labute approximate surface area is 173 Å². The van der Waals surface area contributed by atoms with Gasteiger partial charge >= 0.3 is 0 Å². The molecule has 1 unspecified atom stereocenters. The second-order valence-electron chi connectivity index (χ2n) is 7.46. The topological polar surface area (TPSA) is 79.5 Å². The molecule has 6 nitrogen and oxygen atoms in total. The smallest absolute Gasteiger partial charge is 0.251 e. The van der Waals surface area contributed by atoms with Gasteiger partial charge in [-0.15, -0.1) is 0 Å². The summed E-state index contributed by atoms with van der Waals surface area (Å²) in [6, 6.07) is 14.6. The fraction of sp³-hybridized carbons (Fsp3) is 0.391. The number of hydrogen-bond acceptors (Lipinski definition) is 4. The largest absolute Gasteiger partial charge is 0.491 e. The molecule has 0 saturated heterocycles. The Morgan fingerprint density at radius 1 is 1.00 bits per heavy atom. The molecule has 0 aliphatic rings. The standard InChI is InChI=1S/C23H31N3O3/c1-5-17(4)25-23(28)18-10-12-19(13-11-18)24-14-22(27)26-20-8-6-7-9-21(20)29-15-16(2)3/h6-13,16-17,24H,5,14-15H2,1-4H3,(H,25,28)(H,26,27). The van der Waals surface area contributed by atoms with Gasteiger partial charge in [-0.25, -0.2) is 0 Å². The van der Waals surface area contributed by atoms with Crippen molar-refractivity contribution in [2.75, 3.05) is 23.8 Å². The van der Waals surface area contributed by atoms with Gasteiger partial charge < -0.3 is 20.7 Å². The highest BCUT2D eigenvalue weighted by atomic mass is 16.5. The van der Waals surface area contributed by atoms with Crippen LogP contribution in [0.3, 0.4) is 0 Å². The van der Waals surface area contributed by atoms with Gasteiger partial charge in [0.2, 0.25) is 5.91 Å². The molecule has 0 spiro atoms. The van der Waals surface area contributed by atoms with E-state index in [-0.39, 0.29) is 24.4 Å². The molecule has 2 amide bonds. The lowest BCUT2D eigenvalue weighted by atomic mass is 10.1. The van der Waals surface area contributed by atoms with Gasteiger partial charge in [0.05, 0.1) is 18.8 Å². The first-order chi connectivity index (χ1) is 13.9. The number of carbonyl (C=O) groups is 2. The van der Waals surface area contributed by atoms with Crippen molar-refractivity contribution in [3.05, 3.63) is 54.1 Å². The Balaban J connectivity index is 1.87. The number of rotatable bonds is 10. The Hall–Kier alpha value is -3.02. The van der Waals surface area contributed by atoms with E-state index in [2.05, 4.69) is 29.8 Å². The quantitative estimate of drug-likeness (QED) is 0.558. The summed E-state index contributed by atoms with van der Waals surface area (Å²) in [5.41, 5.74) is 2.01. The van der Waals surface area contributed by atoms with E-state index >= 15 is 0 Å². The fourth-order valence-electron chi connectivity index (χ4n) is 2.48. The Morgan fingerprint density at radius 2 is 1.69 bits per heavy atom. The summed E-state index contributed by atoms with van der Waals surface area (Å²) in [6.45, 7) is 8.84. The van der Waals surface area contributed by atoms with Gasteiger partial charge in [0.15, 0.2) is 0 Å². The Bertz CT molecular complexity index is 803. The van der Waals surface area contributed by atoms with E-state index in [1.807, 2.05) is 38.1 Å². The summed E-state index contributed by atoms with van der Waals surface area (Å²) in [4.78, 5) is 24.4. The summed E-state index contributed by atoms with van der Waals surface area (Å²) in [6.07, 6.45) is 0.881. The van der Waals surface area contributed by atoms with Crippen molar-refractivity contribution in [2.45, 2.75) is 40.2 Å². The minimum atomic E-state index is -0.177. The molecule has 0 bridgehead atoms. The van der Waals surface area contributed by atoms with E-state index in [1.165, 1.54) is 0 Å². The lowest BCUT2D eigenvalue weighted by molar-refractivity contribution is -0.114. The molecule has 0 saturated carbocycles.